The number of benzene rings is 1. The summed E-state index contributed by atoms with van der Waals surface area (Å²) in [6.07, 6.45) is 0.764. The van der Waals surface area contributed by atoms with Crippen LogP contribution in [0.25, 0.3) is 0 Å². The molecule has 2 aromatic rings. The zero-order chi connectivity index (χ0) is 14.4. The molecule has 5 heteroatoms. The molecule has 20 heavy (non-hydrogen) atoms. The van der Waals surface area contributed by atoms with E-state index in [0.717, 1.165) is 30.8 Å². The molecule has 0 aliphatic heterocycles. The number of aromatic nitrogens is 2. The Balaban J connectivity index is 2.04. The SMILES string of the molecule is CCNCc1cc(C)ccc1OCc1nc(CC)no1. The van der Waals surface area contributed by atoms with Gasteiger partial charge in [-0.2, -0.15) is 4.98 Å². The summed E-state index contributed by atoms with van der Waals surface area (Å²) in [5, 5.41) is 7.17. The van der Waals surface area contributed by atoms with Gasteiger partial charge in [-0.15, -0.1) is 0 Å². The molecule has 0 atom stereocenters. The zero-order valence-electron chi connectivity index (χ0n) is 12.3. The average molecular weight is 275 g/mol. The average Bonchev–Trinajstić information content (AvgIpc) is 2.92. The molecule has 108 valence electrons. The van der Waals surface area contributed by atoms with E-state index in [4.69, 9.17) is 9.26 Å². The summed E-state index contributed by atoms with van der Waals surface area (Å²) in [4.78, 5) is 4.23. The van der Waals surface area contributed by atoms with E-state index in [2.05, 4.69) is 35.4 Å². The second-order valence-electron chi connectivity index (χ2n) is 4.64. The second kappa shape index (κ2) is 7.05. The van der Waals surface area contributed by atoms with Crippen LogP contribution >= 0.6 is 0 Å². The standard InChI is InChI=1S/C15H21N3O2/c1-4-14-17-15(20-18-14)10-19-13-7-6-11(3)8-12(13)9-16-5-2/h6-8,16H,4-5,9-10H2,1-3H3. The van der Waals surface area contributed by atoms with E-state index < -0.39 is 0 Å². The van der Waals surface area contributed by atoms with Crippen molar-refractivity contribution in [1.82, 2.24) is 15.5 Å². The van der Waals surface area contributed by atoms with Gasteiger partial charge in [0.15, 0.2) is 12.4 Å². The number of ether oxygens (including phenoxy) is 1. The van der Waals surface area contributed by atoms with E-state index in [1.807, 2.05) is 19.1 Å². The van der Waals surface area contributed by atoms with Gasteiger partial charge in [0.2, 0.25) is 0 Å². The first-order valence-corrected chi connectivity index (χ1v) is 6.97. The van der Waals surface area contributed by atoms with Gasteiger partial charge in [-0.1, -0.05) is 36.7 Å². The normalized spacial score (nSPS) is 10.8. The maximum absolute atomic E-state index is 5.80. The van der Waals surface area contributed by atoms with E-state index in [1.54, 1.807) is 0 Å². The van der Waals surface area contributed by atoms with Crippen molar-refractivity contribution < 1.29 is 9.26 Å². The van der Waals surface area contributed by atoms with Crippen molar-refractivity contribution >= 4 is 0 Å². The Morgan fingerprint density at radius 2 is 2.15 bits per heavy atom. The first-order valence-electron chi connectivity index (χ1n) is 6.97. The van der Waals surface area contributed by atoms with Gasteiger partial charge in [0, 0.05) is 18.5 Å². The quantitative estimate of drug-likeness (QED) is 0.841. The molecule has 0 aliphatic carbocycles. The summed E-state index contributed by atoms with van der Waals surface area (Å²) < 4.78 is 10.9. The van der Waals surface area contributed by atoms with Crippen molar-refractivity contribution in [2.24, 2.45) is 0 Å². The molecule has 0 aliphatic rings. The van der Waals surface area contributed by atoms with Crippen LogP contribution in [0.2, 0.25) is 0 Å². The van der Waals surface area contributed by atoms with Crippen molar-refractivity contribution in [2.45, 2.75) is 40.3 Å². The Bertz CT molecular complexity index is 552. The van der Waals surface area contributed by atoms with Crippen molar-refractivity contribution in [3.8, 4) is 5.75 Å². The van der Waals surface area contributed by atoms with E-state index in [0.29, 0.717) is 18.3 Å². The number of rotatable bonds is 7. The fraction of sp³-hybridized carbons (Fsp3) is 0.467. The molecule has 0 saturated heterocycles. The van der Waals surface area contributed by atoms with Gasteiger partial charge >= 0.3 is 0 Å². The molecule has 0 bridgehead atoms. The molecule has 1 aromatic heterocycles. The van der Waals surface area contributed by atoms with Crippen LogP contribution in [-0.4, -0.2) is 16.7 Å². The largest absolute Gasteiger partial charge is 0.483 e. The summed E-state index contributed by atoms with van der Waals surface area (Å²) in [6.45, 7) is 8.17. The van der Waals surface area contributed by atoms with E-state index in [-0.39, 0.29) is 0 Å². The lowest BCUT2D eigenvalue weighted by atomic mass is 10.1. The first-order chi connectivity index (χ1) is 9.72. The summed E-state index contributed by atoms with van der Waals surface area (Å²) in [5.41, 5.74) is 2.36. The van der Waals surface area contributed by atoms with Gasteiger partial charge in [-0.25, -0.2) is 0 Å². The van der Waals surface area contributed by atoms with Crippen molar-refractivity contribution in [3.05, 3.63) is 41.0 Å². The molecule has 1 N–H and O–H groups in total. The third-order valence-corrected chi connectivity index (χ3v) is 2.96. The number of nitrogens with one attached hydrogen (secondary N) is 1. The van der Waals surface area contributed by atoms with Crippen LogP contribution < -0.4 is 10.1 Å². The van der Waals surface area contributed by atoms with Gasteiger partial charge in [0.1, 0.15) is 5.75 Å². The molecule has 1 heterocycles. The van der Waals surface area contributed by atoms with Crippen LogP contribution in [0.1, 0.15) is 36.7 Å². The van der Waals surface area contributed by atoms with Crippen LogP contribution in [0.15, 0.2) is 22.7 Å². The zero-order valence-corrected chi connectivity index (χ0v) is 12.3. The summed E-state index contributed by atoms with van der Waals surface area (Å²) in [5.74, 6) is 2.07. The first kappa shape index (κ1) is 14.5. The van der Waals surface area contributed by atoms with Crippen LogP contribution in [0.4, 0.5) is 0 Å². The van der Waals surface area contributed by atoms with E-state index >= 15 is 0 Å². The number of nitrogens with zero attached hydrogens (tertiary/aromatic N) is 2. The number of hydrogen-bond acceptors (Lipinski definition) is 5. The summed E-state index contributed by atoms with van der Waals surface area (Å²) in [6, 6.07) is 6.15. The smallest absolute Gasteiger partial charge is 0.264 e. The van der Waals surface area contributed by atoms with E-state index in [9.17, 15) is 0 Å². The van der Waals surface area contributed by atoms with Crippen molar-refractivity contribution in [2.75, 3.05) is 6.54 Å². The molecule has 5 nitrogen and oxygen atoms in total. The van der Waals surface area contributed by atoms with Crippen LogP contribution in [0.3, 0.4) is 0 Å². The second-order valence-corrected chi connectivity index (χ2v) is 4.64. The molecule has 2 rings (SSSR count). The third-order valence-electron chi connectivity index (χ3n) is 2.96. The Hall–Kier alpha value is -1.88. The number of aryl methyl sites for hydroxylation is 2. The molecule has 0 radical (unpaired) electrons. The maximum Gasteiger partial charge on any atom is 0.264 e. The molecule has 1 aromatic carbocycles. The lowest BCUT2D eigenvalue weighted by Crippen LogP contribution is -2.13. The van der Waals surface area contributed by atoms with E-state index in [1.165, 1.54) is 5.56 Å². The molecule has 0 saturated carbocycles. The Morgan fingerprint density at radius 1 is 1.30 bits per heavy atom. The lowest BCUT2D eigenvalue weighted by Gasteiger charge is -2.11. The van der Waals surface area contributed by atoms with Crippen LogP contribution in [0, 0.1) is 6.92 Å². The minimum absolute atomic E-state index is 0.301. The van der Waals surface area contributed by atoms with Crippen LogP contribution in [-0.2, 0) is 19.6 Å². The highest BCUT2D eigenvalue weighted by molar-refractivity contribution is 5.36. The molecular formula is C15H21N3O2. The maximum atomic E-state index is 5.80. The molecule has 0 fully saturated rings. The predicted octanol–water partition coefficient (Wildman–Crippen LogP) is 2.63. The highest BCUT2D eigenvalue weighted by atomic mass is 16.5. The Kier molecular flexibility index (Phi) is 5.12. The van der Waals surface area contributed by atoms with Gasteiger partial charge in [0.05, 0.1) is 0 Å². The van der Waals surface area contributed by atoms with Crippen molar-refractivity contribution in [1.29, 1.82) is 0 Å². The highest BCUT2D eigenvalue weighted by Crippen LogP contribution is 2.21. The predicted molar refractivity (Wildman–Crippen MR) is 76.6 cm³/mol. The van der Waals surface area contributed by atoms with Gasteiger partial charge in [-0.3, -0.25) is 0 Å². The molecule has 0 spiro atoms. The monoisotopic (exact) mass is 275 g/mol. The Labute approximate surface area is 119 Å². The van der Waals surface area contributed by atoms with Crippen LogP contribution in [0.5, 0.6) is 5.75 Å². The summed E-state index contributed by atoms with van der Waals surface area (Å²) >= 11 is 0. The fourth-order valence-electron chi connectivity index (χ4n) is 1.88. The summed E-state index contributed by atoms with van der Waals surface area (Å²) in [7, 11) is 0. The lowest BCUT2D eigenvalue weighted by molar-refractivity contribution is 0.240. The minimum Gasteiger partial charge on any atom is -0.483 e. The topological polar surface area (TPSA) is 60.2 Å². The van der Waals surface area contributed by atoms with Gasteiger partial charge < -0.3 is 14.6 Å². The highest BCUT2D eigenvalue weighted by Gasteiger charge is 2.08. The third kappa shape index (κ3) is 3.81. The Morgan fingerprint density at radius 3 is 2.85 bits per heavy atom. The van der Waals surface area contributed by atoms with Crippen molar-refractivity contribution in [3.63, 3.8) is 0 Å². The van der Waals surface area contributed by atoms with Gasteiger partial charge in [-0.05, 0) is 19.5 Å². The number of hydrogen-bond donors (Lipinski definition) is 1. The minimum atomic E-state index is 0.301. The fourth-order valence-corrected chi connectivity index (χ4v) is 1.88. The molecule has 0 amide bonds. The molecular weight excluding hydrogens is 254 g/mol. The molecule has 0 unspecified atom stereocenters. The van der Waals surface area contributed by atoms with Gasteiger partial charge in [0.25, 0.3) is 5.89 Å².